The van der Waals surface area contributed by atoms with Gasteiger partial charge in [0.25, 0.3) is 0 Å². The average Bonchev–Trinajstić information content (AvgIpc) is 2.33. The third-order valence-electron chi connectivity index (χ3n) is 1.91. The molecular formula is C9H15NS. The number of nitrogens with one attached hydrogen (secondary N) is 1. The Labute approximate surface area is 72.4 Å². The molecule has 1 N–H and O–H groups in total. The fraction of sp³-hybridized carbons (Fsp3) is 0.556. The number of rotatable bonds is 3. The van der Waals surface area contributed by atoms with E-state index in [1.807, 2.05) is 18.4 Å². The van der Waals surface area contributed by atoms with Crippen LogP contribution < -0.4 is 5.32 Å². The molecule has 0 spiro atoms. The summed E-state index contributed by atoms with van der Waals surface area (Å²) in [5.74, 6) is 0. The molecule has 0 saturated heterocycles. The Bertz CT molecular complexity index is 227. The molecule has 62 valence electrons. The van der Waals surface area contributed by atoms with E-state index < -0.39 is 0 Å². The average molecular weight is 169 g/mol. The van der Waals surface area contributed by atoms with Crippen LogP contribution in [0.3, 0.4) is 0 Å². The van der Waals surface area contributed by atoms with Crippen LogP contribution >= 0.6 is 11.3 Å². The van der Waals surface area contributed by atoms with Crippen LogP contribution in [0.4, 0.5) is 0 Å². The Balaban J connectivity index is 2.86. The Morgan fingerprint density at radius 3 is 2.82 bits per heavy atom. The van der Waals surface area contributed by atoms with E-state index in [0.29, 0.717) is 0 Å². The summed E-state index contributed by atoms with van der Waals surface area (Å²) in [7, 11) is 1.99. The number of hydrogen-bond donors (Lipinski definition) is 1. The molecule has 0 aromatic carbocycles. The van der Waals surface area contributed by atoms with Crippen molar-refractivity contribution in [3.8, 4) is 0 Å². The minimum absolute atomic E-state index is 1.01. The second-order valence-electron chi connectivity index (χ2n) is 2.68. The molecule has 0 unspecified atom stereocenters. The molecule has 0 saturated carbocycles. The number of aryl methyl sites for hydroxylation is 1. The second-order valence-corrected chi connectivity index (χ2v) is 3.76. The Kier molecular flexibility index (Phi) is 3.09. The number of thiophene rings is 1. The molecule has 2 heteroatoms. The van der Waals surface area contributed by atoms with Crippen molar-refractivity contribution in [1.82, 2.24) is 5.32 Å². The predicted octanol–water partition coefficient (Wildman–Crippen LogP) is 2.34. The summed E-state index contributed by atoms with van der Waals surface area (Å²) in [6, 6.07) is 0. The van der Waals surface area contributed by atoms with Crippen molar-refractivity contribution >= 4 is 11.3 Å². The SMILES string of the molecule is CCc1c(CNC)csc1C. The minimum atomic E-state index is 1.01. The maximum atomic E-state index is 3.18. The quantitative estimate of drug-likeness (QED) is 0.732. The highest BCUT2D eigenvalue weighted by atomic mass is 32.1. The molecular weight excluding hydrogens is 154 g/mol. The van der Waals surface area contributed by atoms with Gasteiger partial charge in [-0.3, -0.25) is 0 Å². The summed E-state index contributed by atoms with van der Waals surface area (Å²) in [4.78, 5) is 1.47. The second kappa shape index (κ2) is 3.88. The topological polar surface area (TPSA) is 12.0 Å². The zero-order valence-electron chi connectivity index (χ0n) is 7.40. The Morgan fingerprint density at radius 2 is 2.27 bits per heavy atom. The van der Waals surface area contributed by atoms with E-state index in [2.05, 4.69) is 24.5 Å². The van der Waals surface area contributed by atoms with Crippen LogP contribution in [0.5, 0.6) is 0 Å². The third-order valence-corrected chi connectivity index (χ3v) is 2.91. The van der Waals surface area contributed by atoms with E-state index in [1.54, 1.807) is 0 Å². The van der Waals surface area contributed by atoms with Crippen molar-refractivity contribution in [3.05, 3.63) is 21.4 Å². The smallest absolute Gasteiger partial charge is 0.0213 e. The monoisotopic (exact) mass is 169 g/mol. The third kappa shape index (κ3) is 1.82. The molecule has 1 aromatic heterocycles. The largest absolute Gasteiger partial charge is 0.316 e. The molecule has 11 heavy (non-hydrogen) atoms. The zero-order valence-corrected chi connectivity index (χ0v) is 8.22. The lowest BCUT2D eigenvalue weighted by Gasteiger charge is -2.00. The van der Waals surface area contributed by atoms with Gasteiger partial charge in [-0.25, -0.2) is 0 Å². The molecule has 0 aliphatic heterocycles. The van der Waals surface area contributed by atoms with Crippen molar-refractivity contribution in [1.29, 1.82) is 0 Å². The highest BCUT2D eigenvalue weighted by Gasteiger charge is 2.04. The first-order valence-corrected chi connectivity index (χ1v) is 4.88. The molecule has 0 atom stereocenters. The first kappa shape index (κ1) is 8.75. The highest BCUT2D eigenvalue weighted by molar-refractivity contribution is 7.10. The highest BCUT2D eigenvalue weighted by Crippen LogP contribution is 2.21. The fourth-order valence-corrected chi connectivity index (χ4v) is 2.31. The van der Waals surface area contributed by atoms with Crippen LogP contribution in [-0.4, -0.2) is 7.05 Å². The van der Waals surface area contributed by atoms with Gasteiger partial charge in [0, 0.05) is 11.4 Å². The molecule has 1 nitrogen and oxygen atoms in total. The van der Waals surface area contributed by atoms with Crippen LogP contribution in [0.2, 0.25) is 0 Å². The summed E-state index contributed by atoms with van der Waals surface area (Å²) in [5, 5.41) is 5.43. The summed E-state index contributed by atoms with van der Waals surface area (Å²) < 4.78 is 0. The van der Waals surface area contributed by atoms with Gasteiger partial charge >= 0.3 is 0 Å². The summed E-state index contributed by atoms with van der Waals surface area (Å²) >= 11 is 1.86. The zero-order chi connectivity index (χ0) is 8.27. The predicted molar refractivity (Wildman–Crippen MR) is 51.2 cm³/mol. The molecule has 0 aliphatic rings. The van der Waals surface area contributed by atoms with Crippen molar-refractivity contribution in [2.24, 2.45) is 0 Å². The van der Waals surface area contributed by atoms with Crippen LogP contribution in [0.15, 0.2) is 5.38 Å². The van der Waals surface area contributed by atoms with Gasteiger partial charge in [0.2, 0.25) is 0 Å². The van der Waals surface area contributed by atoms with Gasteiger partial charge in [0.05, 0.1) is 0 Å². The lowest BCUT2D eigenvalue weighted by Crippen LogP contribution is -2.05. The van der Waals surface area contributed by atoms with E-state index in [4.69, 9.17) is 0 Å². The fourth-order valence-electron chi connectivity index (χ4n) is 1.34. The molecule has 0 amide bonds. The molecule has 0 aliphatic carbocycles. The minimum Gasteiger partial charge on any atom is -0.316 e. The van der Waals surface area contributed by atoms with E-state index in [0.717, 1.165) is 13.0 Å². The first-order chi connectivity index (χ1) is 5.29. The maximum Gasteiger partial charge on any atom is 0.0213 e. The van der Waals surface area contributed by atoms with Crippen molar-refractivity contribution in [3.63, 3.8) is 0 Å². The van der Waals surface area contributed by atoms with Gasteiger partial charge in [-0.1, -0.05) is 6.92 Å². The number of hydrogen-bond acceptors (Lipinski definition) is 2. The van der Waals surface area contributed by atoms with Crippen LogP contribution in [0, 0.1) is 6.92 Å². The maximum absolute atomic E-state index is 3.18. The Morgan fingerprint density at radius 1 is 1.55 bits per heavy atom. The van der Waals surface area contributed by atoms with Crippen LogP contribution in [-0.2, 0) is 13.0 Å². The lowest BCUT2D eigenvalue weighted by molar-refractivity contribution is 0.809. The molecule has 0 bridgehead atoms. The van der Waals surface area contributed by atoms with Gasteiger partial charge in [-0.2, -0.15) is 0 Å². The van der Waals surface area contributed by atoms with Crippen molar-refractivity contribution in [2.45, 2.75) is 26.8 Å². The van der Waals surface area contributed by atoms with Gasteiger partial charge in [0.1, 0.15) is 0 Å². The van der Waals surface area contributed by atoms with E-state index in [-0.39, 0.29) is 0 Å². The van der Waals surface area contributed by atoms with Crippen LogP contribution in [0.25, 0.3) is 0 Å². The van der Waals surface area contributed by atoms with Crippen molar-refractivity contribution in [2.75, 3.05) is 7.05 Å². The molecule has 1 rings (SSSR count). The lowest BCUT2D eigenvalue weighted by atomic mass is 10.1. The van der Waals surface area contributed by atoms with Gasteiger partial charge in [-0.15, -0.1) is 11.3 Å². The first-order valence-electron chi connectivity index (χ1n) is 4.00. The van der Waals surface area contributed by atoms with Gasteiger partial charge in [-0.05, 0) is 36.9 Å². The normalized spacial score (nSPS) is 10.5. The van der Waals surface area contributed by atoms with E-state index in [9.17, 15) is 0 Å². The van der Waals surface area contributed by atoms with Crippen LogP contribution in [0.1, 0.15) is 22.9 Å². The van der Waals surface area contributed by atoms with E-state index >= 15 is 0 Å². The molecule has 1 aromatic rings. The molecule has 1 heterocycles. The summed E-state index contributed by atoms with van der Waals surface area (Å²) in [6.45, 7) is 5.42. The molecule has 0 radical (unpaired) electrons. The standard InChI is InChI=1S/C9H15NS/c1-4-9-7(2)11-6-8(9)5-10-3/h6,10H,4-5H2,1-3H3. The van der Waals surface area contributed by atoms with Crippen molar-refractivity contribution < 1.29 is 0 Å². The summed E-state index contributed by atoms with van der Waals surface area (Å²) in [5.41, 5.74) is 3.00. The van der Waals surface area contributed by atoms with Gasteiger partial charge < -0.3 is 5.32 Å². The molecule has 0 fully saturated rings. The Hall–Kier alpha value is -0.340. The van der Waals surface area contributed by atoms with Gasteiger partial charge in [0.15, 0.2) is 0 Å². The van der Waals surface area contributed by atoms with E-state index in [1.165, 1.54) is 16.0 Å². The summed E-state index contributed by atoms with van der Waals surface area (Å²) in [6.07, 6.45) is 1.16.